The van der Waals surface area contributed by atoms with Crippen molar-refractivity contribution in [2.45, 2.75) is 19.5 Å². The molecule has 2 aromatic carbocycles. The molecule has 0 aliphatic carbocycles. The van der Waals surface area contributed by atoms with Crippen molar-refractivity contribution >= 4 is 10.8 Å². The van der Waals surface area contributed by atoms with Crippen molar-refractivity contribution in [3.8, 4) is 0 Å². The molecule has 3 aromatic rings. The molecule has 0 spiro atoms. The zero-order chi connectivity index (χ0) is 14.8. The van der Waals surface area contributed by atoms with Gasteiger partial charge in [0, 0.05) is 24.8 Å². The Bertz CT molecular complexity index is 830. The molecule has 1 atom stereocenters. The normalized spacial score (nSPS) is 12.5. The Morgan fingerprint density at radius 1 is 1.10 bits per heavy atom. The number of rotatable bonds is 3. The van der Waals surface area contributed by atoms with Crippen LogP contribution in [0.2, 0.25) is 0 Å². The van der Waals surface area contributed by atoms with E-state index >= 15 is 0 Å². The summed E-state index contributed by atoms with van der Waals surface area (Å²) in [6.45, 7) is 2.39. The van der Waals surface area contributed by atoms with Gasteiger partial charge in [0.05, 0.1) is 0 Å². The summed E-state index contributed by atoms with van der Waals surface area (Å²) < 4.78 is 1.67. The van der Waals surface area contributed by atoms with Gasteiger partial charge in [-0.05, 0) is 34.9 Å². The largest absolute Gasteiger partial charge is 0.322 e. The van der Waals surface area contributed by atoms with Crippen LogP contribution in [0.4, 0.5) is 0 Å². The minimum Gasteiger partial charge on any atom is -0.322 e. The minimum absolute atomic E-state index is 0.00862. The molecule has 0 saturated heterocycles. The molecule has 0 aliphatic rings. The lowest BCUT2D eigenvalue weighted by Crippen LogP contribution is -2.26. The molecule has 3 rings (SSSR count). The molecule has 1 aromatic heterocycles. The van der Waals surface area contributed by atoms with Gasteiger partial charge in [0.2, 0.25) is 0 Å². The van der Waals surface area contributed by atoms with E-state index in [0.29, 0.717) is 6.54 Å². The molecule has 0 saturated carbocycles. The number of benzene rings is 2. The van der Waals surface area contributed by atoms with E-state index in [1.165, 1.54) is 5.39 Å². The van der Waals surface area contributed by atoms with Gasteiger partial charge < -0.3 is 10.3 Å². The van der Waals surface area contributed by atoms with Crippen LogP contribution in [0.25, 0.3) is 10.8 Å². The smallest absolute Gasteiger partial charge is 0.250 e. The lowest BCUT2D eigenvalue weighted by atomic mass is 9.99. The van der Waals surface area contributed by atoms with Crippen LogP contribution in [0, 0.1) is 6.92 Å². The Kier molecular flexibility index (Phi) is 3.59. The molecule has 0 bridgehead atoms. The van der Waals surface area contributed by atoms with E-state index in [1.807, 2.05) is 43.5 Å². The first-order valence-electron chi connectivity index (χ1n) is 7.05. The van der Waals surface area contributed by atoms with Crippen LogP contribution < -0.4 is 11.3 Å². The highest BCUT2D eigenvalue weighted by molar-refractivity contribution is 5.86. The SMILES string of the molecule is Cc1ccn(CC(N)c2cccc3ccccc23)c(=O)c1. The molecule has 0 radical (unpaired) electrons. The molecule has 3 heteroatoms. The van der Waals surface area contributed by atoms with Crippen molar-refractivity contribution in [2.75, 3.05) is 0 Å². The van der Waals surface area contributed by atoms with Crippen molar-refractivity contribution in [1.82, 2.24) is 4.57 Å². The molecule has 0 aliphatic heterocycles. The topological polar surface area (TPSA) is 48.0 Å². The minimum atomic E-state index is -0.212. The third-order valence-corrected chi connectivity index (χ3v) is 3.77. The van der Waals surface area contributed by atoms with E-state index in [0.717, 1.165) is 16.5 Å². The van der Waals surface area contributed by atoms with E-state index in [2.05, 4.69) is 18.2 Å². The summed E-state index contributed by atoms with van der Waals surface area (Å²) in [6, 6.07) is 17.6. The average Bonchev–Trinajstić information content (AvgIpc) is 2.49. The predicted molar refractivity (Wildman–Crippen MR) is 86.3 cm³/mol. The quantitative estimate of drug-likeness (QED) is 0.800. The highest BCUT2D eigenvalue weighted by atomic mass is 16.1. The van der Waals surface area contributed by atoms with Crippen LogP contribution in [0.1, 0.15) is 17.2 Å². The number of fused-ring (bicyclic) bond motifs is 1. The van der Waals surface area contributed by atoms with Crippen molar-refractivity contribution in [3.05, 3.63) is 82.3 Å². The third-order valence-electron chi connectivity index (χ3n) is 3.77. The van der Waals surface area contributed by atoms with Crippen molar-refractivity contribution in [3.63, 3.8) is 0 Å². The summed E-state index contributed by atoms with van der Waals surface area (Å²) in [6.07, 6.45) is 1.81. The fraction of sp³-hybridized carbons (Fsp3) is 0.167. The Morgan fingerprint density at radius 3 is 2.67 bits per heavy atom. The Morgan fingerprint density at radius 2 is 1.86 bits per heavy atom. The fourth-order valence-electron chi connectivity index (χ4n) is 2.64. The van der Waals surface area contributed by atoms with Crippen LogP contribution in [0.15, 0.2) is 65.6 Å². The first-order chi connectivity index (χ1) is 10.1. The van der Waals surface area contributed by atoms with E-state index in [4.69, 9.17) is 5.73 Å². The summed E-state index contributed by atoms with van der Waals surface area (Å²) in [5, 5.41) is 2.31. The summed E-state index contributed by atoms with van der Waals surface area (Å²) in [5.41, 5.74) is 8.37. The lowest BCUT2D eigenvalue weighted by molar-refractivity contribution is 0.564. The van der Waals surface area contributed by atoms with Crippen LogP contribution in [0.5, 0.6) is 0 Å². The van der Waals surface area contributed by atoms with E-state index in [9.17, 15) is 4.79 Å². The molecule has 21 heavy (non-hydrogen) atoms. The van der Waals surface area contributed by atoms with Gasteiger partial charge in [-0.25, -0.2) is 0 Å². The van der Waals surface area contributed by atoms with Gasteiger partial charge >= 0.3 is 0 Å². The lowest BCUT2D eigenvalue weighted by Gasteiger charge is -2.16. The number of hydrogen-bond donors (Lipinski definition) is 1. The second kappa shape index (κ2) is 5.54. The van der Waals surface area contributed by atoms with Crippen LogP contribution in [-0.2, 0) is 6.54 Å². The molecule has 106 valence electrons. The molecular formula is C18H18N2O. The summed E-state index contributed by atoms with van der Waals surface area (Å²) in [5.74, 6) is 0. The van der Waals surface area contributed by atoms with E-state index in [1.54, 1.807) is 10.6 Å². The predicted octanol–water partition coefficient (Wildman–Crippen LogP) is 3.01. The maximum Gasteiger partial charge on any atom is 0.250 e. The molecule has 0 fully saturated rings. The zero-order valence-corrected chi connectivity index (χ0v) is 12.0. The second-order valence-electron chi connectivity index (χ2n) is 5.37. The molecule has 0 amide bonds. The number of aromatic nitrogens is 1. The van der Waals surface area contributed by atoms with Gasteiger partial charge in [-0.2, -0.15) is 0 Å². The van der Waals surface area contributed by atoms with Crippen molar-refractivity contribution in [1.29, 1.82) is 0 Å². The second-order valence-corrected chi connectivity index (χ2v) is 5.37. The van der Waals surface area contributed by atoms with E-state index in [-0.39, 0.29) is 11.6 Å². The summed E-state index contributed by atoms with van der Waals surface area (Å²) >= 11 is 0. The van der Waals surface area contributed by atoms with Crippen LogP contribution in [-0.4, -0.2) is 4.57 Å². The molecule has 1 unspecified atom stereocenters. The number of nitrogens with zero attached hydrogens (tertiary/aromatic N) is 1. The van der Waals surface area contributed by atoms with Gasteiger partial charge in [-0.15, -0.1) is 0 Å². The zero-order valence-electron chi connectivity index (χ0n) is 12.0. The Balaban J connectivity index is 1.97. The van der Waals surface area contributed by atoms with Gasteiger partial charge in [-0.3, -0.25) is 4.79 Å². The average molecular weight is 278 g/mol. The number of pyridine rings is 1. The highest BCUT2D eigenvalue weighted by Gasteiger charge is 2.11. The van der Waals surface area contributed by atoms with Gasteiger partial charge in [-0.1, -0.05) is 42.5 Å². The maximum absolute atomic E-state index is 12.0. The fourth-order valence-corrected chi connectivity index (χ4v) is 2.64. The van der Waals surface area contributed by atoms with Crippen molar-refractivity contribution in [2.24, 2.45) is 5.73 Å². The molecule has 2 N–H and O–H groups in total. The van der Waals surface area contributed by atoms with Gasteiger partial charge in [0.15, 0.2) is 0 Å². The van der Waals surface area contributed by atoms with Crippen LogP contribution >= 0.6 is 0 Å². The third kappa shape index (κ3) is 2.73. The summed E-state index contributed by atoms with van der Waals surface area (Å²) in [4.78, 5) is 12.0. The number of aryl methyl sites for hydroxylation is 1. The highest BCUT2D eigenvalue weighted by Crippen LogP contribution is 2.23. The molecular weight excluding hydrogens is 260 g/mol. The maximum atomic E-state index is 12.0. The first-order valence-corrected chi connectivity index (χ1v) is 7.05. The number of nitrogens with two attached hydrogens (primary N) is 1. The Hall–Kier alpha value is -2.39. The van der Waals surface area contributed by atoms with Gasteiger partial charge in [0.25, 0.3) is 5.56 Å². The standard InChI is InChI=1S/C18H18N2O/c1-13-9-10-20(18(21)11-13)12-17(19)16-8-4-6-14-5-2-3-7-15(14)16/h2-11,17H,12,19H2,1H3. The van der Waals surface area contributed by atoms with Crippen molar-refractivity contribution < 1.29 is 0 Å². The Labute approximate surface area is 123 Å². The van der Waals surface area contributed by atoms with Gasteiger partial charge in [0.1, 0.15) is 0 Å². The monoisotopic (exact) mass is 278 g/mol. The molecule has 1 heterocycles. The molecule has 3 nitrogen and oxygen atoms in total. The van der Waals surface area contributed by atoms with Crippen LogP contribution in [0.3, 0.4) is 0 Å². The van der Waals surface area contributed by atoms with E-state index < -0.39 is 0 Å². The summed E-state index contributed by atoms with van der Waals surface area (Å²) in [7, 11) is 0. The first kappa shape index (κ1) is 13.6. The number of hydrogen-bond acceptors (Lipinski definition) is 2.